The summed E-state index contributed by atoms with van der Waals surface area (Å²) in [5.74, 6) is -0.960. The summed E-state index contributed by atoms with van der Waals surface area (Å²) < 4.78 is 5.22. The molecule has 0 aromatic heterocycles. The molecule has 0 radical (unpaired) electrons. The third kappa shape index (κ3) is 2.72. The number of urea groups is 1. The average molecular weight is 297 g/mol. The first kappa shape index (κ1) is 14.6. The Morgan fingerprint density at radius 1 is 1.29 bits per heavy atom. The van der Waals surface area contributed by atoms with Crippen molar-refractivity contribution in [2.45, 2.75) is 49.9 Å². The number of carbonyl (C=O) groups excluding carboxylic acids is 1. The molecule has 0 aromatic rings. The molecule has 3 saturated heterocycles. The number of nitrogens with one attached hydrogen (secondary N) is 1. The maximum absolute atomic E-state index is 12.4. The summed E-state index contributed by atoms with van der Waals surface area (Å²) in [7, 11) is 1.55. The zero-order valence-electron chi connectivity index (χ0n) is 12.3. The summed E-state index contributed by atoms with van der Waals surface area (Å²) in [6.07, 6.45) is 3.43. The number of nitrogens with zero attached hydrogens (tertiary/aromatic N) is 2. The van der Waals surface area contributed by atoms with Gasteiger partial charge < -0.3 is 20.1 Å². The number of carboxylic acids is 1. The van der Waals surface area contributed by atoms with E-state index in [-0.39, 0.29) is 18.2 Å². The third-order valence-electron chi connectivity index (χ3n) is 5.06. The zero-order chi connectivity index (χ0) is 15.0. The Kier molecular flexibility index (Phi) is 4.03. The molecule has 3 rings (SSSR count). The Hall–Kier alpha value is -1.34. The first-order valence-corrected chi connectivity index (χ1v) is 7.67. The van der Waals surface area contributed by atoms with E-state index in [1.54, 1.807) is 7.11 Å². The van der Waals surface area contributed by atoms with Gasteiger partial charge in [-0.2, -0.15) is 0 Å². The van der Waals surface area contributed by atoms with E-state index < -0.39 is 12.0 Å². The van der Waals surface area contributed by atoms with Crippen molar-refractivity contribution in [2.24, 2.45) is 0 Å². The number of carboxylic acid groups (broad SMARTS) is 1. The second-order valence-electron chi connectivity index (χ2n) is 6.19. The van der Waals surface area contributed by atoms with Crippen LogP contribution in [-0.4, -0.2) is 77.9 Å². The van der Waals surface area contributed by atoms with Crippen LogP contribution in [0.3, 0.4) is 0 Å². The van der Waals surface area contributed by atoms with Crippen LogP contribution < -0.4 is 5.32 Å². The topological polar surface area (TPSA) is 82.1 Å². The maximum atomic E-state index is 12.4. The highest BCUT2D eigenvalue weighted by atomic mass is 16.5. The Morgan fingerprint density at radius 3 is 2.81 bits per heavy atom. The van der Waals surface area contributed by atoms with Gasteiger partial charge in [0.05, 0.1) is 6.10 Å². The molecular formula is C14H23N3O4. The number of hydrogen-bond acceptors (Lipinski definition) is 4. The fraction of sp³-hybridized carbons (Fsp3) is 0.857. The molecule has 0 spiro atoms. The second kappa shape index (κ2) is 5.81. The largest absolute Gasteiger partial charge is 0.480 e. The molecule has 3 aliphatic rings. The van der Waals surface area contributed by atoms with Gasteiger partial charge in [0.15, 0.2) is 0 Å². The van der Waals surface area contributed by atoms with Crippen LogP contribution in [0.15, 0.2) is 0 Å². The van der Waals surface area contributed by atoms with Crippen LogP contribution in [0.4, 0.5) is 4.79 Å². The summed E-state index contributed by atoms with van der Waals surface area (Å²) in [6.45, 7) is 2.49. The fourth-order valence-electron chi connectivity index (χ4n) is 3.92. The summed E-state index contributed by atoms with van der Waals surface area (Å²) in [6, 6.07) is -0.467. The maximum Gasteiger partial charge on any atom is 0.326 e. The quantitative estimate of drug-likeness (QED) is 0.772. The molecular weight excluding hydrogens is 274 g/mol. The number of amides is 2. The fourth-order valence-corrected chi connectivity index (χ4v) is 3.92. The van der Waals surface area contributed by atoms with Gasteiger partial charge in [0.1, 0.15) is 6.04 Å². The van der Waals surface area contributed by atoms with Crippen molar-refractivity contribution in [1.82, 2.24) is 15.1 Å². The van der Waals surface area contributed by atoms with Crippen molar-refractivity contribution in [2.75, 3.05) is 26.7 Å². The van der Waals surface area contributed by atoms with Gasteiger partial charge in [0.25, 0.3) is 0 Å². The lowest BCUT2D eigenvalue weighted by molar-refractivity contribution is -0.141. The van der Waals surface area contributed by atoms with Gasteiger partial charge in [0, 0.05) is 38.7 Å². The van der Waals surface area contributed by atoms with E-state index in [4.69, 9.17) is 4.74 Å². The van der Waals surface area contributed by atoms with Gasteiger partial charge in [-0.3, -0.25) is 4.90 Å². The highest BCUT2D eigenvalue weighted by molar-refractivity contribution is 5.83. The number of ether oxygens (including phenoxy) is 1. The lowest BCUT2D eigenvalue weighted by Crippen LogP contribution is -2.51. The first-order chi connectivity index (χ1) is 10.1. The highest BCUT2D eigenvalue weighted by Gasteiger charge is 2.43. The summed E-state index contributed by atoms with van der Waals surface area (Å²) >= 11 is 0. The van der Waals surface area contributed by atoms with Gasteiger partial charge in [-0.15, -0.1) is 0 Å². The molecule has 0 bridgehead atoms. The summed E-state index contributed by atoms with van der Waals surface area (Å²) in [5.41, 5.74) is 0. The molecule has 3 heterocycles. The number of carbonyl (C=O) groups is 2. The van der Waals surface area contributed by atoms with Crippen molar-refractivity contribution in [3.63, 3.8) is 0 Å². The van der Waals surface area contributed by atoms with Crippen LogP contribution in [0.25, 0.3) is 0 Å². The van der Waals surface area contributed by atoms with Crippen molar-refractivity contribution in [3.05, 3.63) is 0 Å². The normalized spacial score (nSPS) is 36.0. The highest BCUT2D eigenvalue weighted by Crippen LogP contribution is 2.28. The van der Waals surface area contributed by atoms with E-state index in [1.807, 2.05) is 0 Å². The second-order valence-corrected chi connectivity index (χ2v) is 6.19. The molecule has 4 atom stereocenters. The monoisotopic (exact) mass is 297 g/mol. The molecule has 3 aliphatic heterocycles. The van der Waals surface area contributed by atoms with E-state index in [1.165, 1.54) is 11.3 Å². The van der Waals surface area contributed by atoms with Gasteiger partial charge in [0.2, 0.25) is 0 Å². The smallest absolute Gasteiger partial charge is 0.326 e. The molecule has 4 unspecified atom stereocenters. The predicted octanol–water partition coefficient (Wildman–Crippen LogP) is 0.107. The van der Waals surface area contributed by atoms with Gasteiger partial charge in [-0.25, -0.2) is 9.59 Å². The van der Waals surface area contributed by atoms with E-state index in [0.29, 0.717) is 19.0 Å². The van der Waals surface area contributed by atoms with Crippen LogP contribution in [0.1, 0.15) is 25.7 Å². The zero-order valence-corrected chi connectivity index (χ0v) is 12.3. The van der Waals surface area contributed by atoms with E-state index >= 15 is 0 Å². The van der Waals surface area contributed by atoms with Crippen LogP contribution in [-0.2, 0) is 9.53 Å². The van der Waals surface area contributed by atoms with Gasteiger partial charge in [-0.1, -0.05) is 0 Å². The van der Waals surface area contributed by atoms with E-state index in [2.05, 4.69) is 10.2 Å². The lowest BCUT2D eigenvalue weighted by atomic mass is 10.1. The minimum atomic E-state index is -0.960. The molecule has 7 nitrogen and oxygen atoms in total. The van der Waals surface area contributed by atoms with E-state index in [9.17, 15) is 14.7 Å². The molecule has 3 fully saturated rings. The average Bonchev–Trinajstić information content (AvgIpc) is 3.13. The molecule has 2 amide bonds. The number of hydrogen-bond donors (Lipinski definition) is 2. The number of rotatable bonds is 3. The lowest BCUT2D eigenvalue weighted by Gasteiger charge is -2.26. The van der Waals surface area contributed by atoms with Crippen molar-refractivity contribution >= 4 is 12.0 Å². The minimum absolute atomic E-state index is 0.149. The molecule has 7 heteroatoms. The number of methoxy groups -OCH3 is 1. The van der Waals surface area contributed by atoms with Crippen molar-refractivity contribution in [1.29, 1.82) is 0 Å². The van der Waals surface area contributed by atoms with Crippen LogP contribution in [0.5, 0.6) is 0 Å². The summed E-state index contributed by atoms with van der Waals surface area (Å²) in [4.78, 5) is 27.6. The Labute approximate surface area is 124 Å². The standard InChI is InChI=1S/C14H23N3O4/c1-21-9-7-12(13(18)19)17(8-9)14(20)15-10-4-6-16-5-2-3-11(10)16/h9-12H,2-8H2,1H3,(H,15,20)(H,18,19). The molecule has 2 N–H and O–H groups in total. The minimum Gasteiger partial charge on any atom is -0.480 e. The van der Waals surface area contributed by atoms with Crippen LogP contribution in [0.2, 0.25) is 0 Å². The summed E-state index contributed by atoms with van der Waals surface area (Å²) in [5, 5.41) is 12.3. The Bertz CT molecular complexity index is 430. The number of likely N-dealkylation sites (tertiary alicyclic amines) is 1. The number of fused-ring (bicyclic) bond motifs is 1. The van der Waals surface area contributed by atoms with E-state index in [0.717, 1.165) is 25.9 Å². The van der Waals surface area contributed by atoms with Gasteiger partial charge >= 0.3 is 12.0 Å². The van der Waals surface area contributed by atoms with Crippen molar-refractivity contribution < 1.29 is 19.4 Å². The Morgan fingerprint density at radius 2 is 2.10 bits per heavy atom. The molecule has 118 valence electrons. The molecule has 0 saturated carbocycles. The van der Waals surface area contributed by atoms with Gasteiger partial charge in [-0.05, 0) is 25.8 Å². The predicted molar refractivity (Wildman–Crippen MR) is 75.1 cm³/mol. The first-order valence-electron chi connectivity index (χ1n) is 7.67. The number of aliphatic carboxylic acids is 1. The van der Waals surface area contributed by atoms with Crippen LogP contribution in [0, 0.1) is 0 Å². The molecule has 21 heavy (non-hydrogen) atoms. The molecule has 0 aliphatic carbocycles. The third-order valence-corrected chi connectivity index (χ3v) is 5.06. The molecule has 0 aromatic carbocycles. The van der Waals surface area contributed by atoms with Crippen molar-refractivity contribution in [3.8, 4) is 0 Å². The van der Waals surface area contributed by atoms with Crippen LogP contribution >= 0.6 is 0 Å². The SMILES string of the molecule is COC1CC(C(=O)O)N(C(=O)NC2CCN3CCCC23)C1. The Balaban J connectivity index is 1.63.